The second-order valence-electron chi connectivity index (χ2n) is 9.16. The lowest BCUT2D eigenvalue weighted by atomic mass is 9.91. The van der Waals surface area contributed by atoms with E-state index in [4.69, 9.17) is 14.6 Å². The monoisotopic (exact) mass is 580 g/mol. The smallest absolute Gasteiger partial charge is 0.306 e. The number of esters is 1. The average Bonchev–Trinajstić information content (AvgIpc) is 3.35. The largest absolute Gasteiger partial charge is 0.487 e. The zero-order valence-electron chi connectivity index (χ0n) is 21.4. The van der Waals surface area contributed by atoms with Gasteiger partial charge in [-0.2, -0.15) is 4.31 Å². The van der Waals surface area contributed by atoms with E-state index in [0.717, 1.165) is 28.0 Å². The van der Waals surface area contributed by atoms with Crippen LogP contribution in [0.2, 0.25) is 0 Å². The van der Waals surface area contributed by atoms with Gasteiger partial charge in [-0.15, -0.1) is 22.1 Å². The lowest BCUT2D eigenvalue weighted by Gasteiger charge is -2.42. The van der Waals surface area contributed by atoms with Crippen LogP contribution in [0, 0.1) is 6.92 Å². The van der Waals surface area contributed by atoms with Crippen molar-refractivity contribution in [3.63, 3.8) is 0 Å². The molecule has 1 aliphatic heterocycles. The first-order chi connectivity index (χ1) is 17.9. The number of sulfonamides is 1. The quantitative estimate of drug-likeness (QED) is 0.313. The molecular weight excluding hydrogens is 548 g/mol. The highest BCUT2D eigenvalue weighted by Gasteiger charge is 2.35. The van der Waals surface area contributed by atoms with Crippen LogP contribution in [0.5, 0.6) is 5.75 Å². The summed E-state index contributed by atoms with van der Waals surface area (Å²) in [5.41, 5.74) is 2.55. The fraction of sp³-hybridized carbons (Fsp3) is 0.346. The molecule has 0 fully saturated rings. The van der Waals surface area contributed by atoms with Crippen molar-refractivity contribution in [2.24, 2.45) is 5.14 Å². The molecule has 12 heteroatoms. The van der Waals surface area contributed by atoms with Crippen LogP contribution in [0.25, 0.3) is 0 Å². The molecule has 3 aromatic rings. The summed E-state index contributed by atoms with van der Waals surface area (Å²) in [5, 5.41) is 5.31. The van der Waals surface area contributed by atoms with Gasteiger partial charge in [0.05, 0.1) is 20.1 Å². The zero-order chi connectivity index (χ0) is 27.7. The standard InChI is InChI=1S/C26H32N2O7S3/c1-4-20-16-28(38(32,33)24-8-6-5-7-22(24)35-20)15-19-13-18(10-9-17(19)2)21(14-25(29)34-3)23-11-12-26(36-23)37(27,30)31/h5-13,20-21,32-33H,4,14-16H2,1-3H3,(H2,27,30,31). The average molecular weight is 581 g/mol. The number of aryl methyl sites for hydroxylation is 1. The van der Waals surface area contributed by atoms with Gasteiger partial charge in [0.15, 0.2) is 0 Å². The van der Waals surface area contributed by atoms with Crippen LogP contribution in [-0.4, -0.2) is 47.6 Å². The van der Waals surface area contributed by atoms with Crippen molar-refractivity contribution in [1.29, 1.82) is 0 Å². The van der Waals surface area contributed by atoms with Gasteiger partial charge in [0.1, 0.15) is 21.0 Å². The molecule has 2 atom stereocenters. The van der Waals surface area contributed by atoms with Crippen molar-refractivity contribution in [2.75, 3.05) is 13.7 Å². The van der Waals surface area contributed by atoms with Crippen molar-refractivity contribution in [3.8, 4) is 5.75 Å². The maximum atomic E-state index is 12.3. The van der Waals surface area contributed by atoms with Crippen LogP contribution in [0.4, 0.5) is 0 Å². The van der Waals surface area contributed by atoms with E-state index in [2.05, 4.69) is 0 Å². The summed E-state index contributed by atoms with van der Waals surface area (Å²) in [6.07, 6.45) is 0.454. The summed E-state index contributed by atoms with van der Waals surface area (Å²) >= 11 is 1.02. The molecule has 2 aromatic carbocycles. The first-order valence-electron chi connectivity index (χ1n) is 12.0. The number of fused-ring (bicyclic) bond motifs is 1. The Morgan fingerprint density at radius 2 is 1.97 bits per heavy atom. The molecular formula is C26H32N2O7S3. The second kappa shape index (κ2) is 11.3. The maximum absolute atomic E-state index is 12.3. The number of primary sulfonamides is 1. The molecule has 4 N–H and O–H groups in total. The van der Waals surface area contributed by atoms with Crippen LogP contribution in [0.1, 0.15) is 47.3 Å². The number of thiophene rings is 1. The van der Waals surface area contributed by atoms with Gasteiger partial charge in [-0.1, -0.05) is 37.3 Å². The van der Waals surface area contributed by atoms with Crippen molar-refractivity contribution >= 4 is 38.1 Å². The molecule has 0 radical (unpaired) electrons. The highest BCUT2D eigenvalue weighted by molar-refractivity contribution is 8.22. The summed E-state index contributed by atoms with van der Waals surface area (Å²) in [6.45, 7) is 4.46. The van der Waals surface area contributed by atoms with E-state index < -0.39 is 32.7 Å². The molecule has 2 unspecified atom stereocenters. The van der Waals surface area contributed by atoms with Gasteiger partial charge < -0.3 is 9.47 Å². The zero-order valence-corrected chi connectivity index (χ0v) is 23.8. The summed E-state index contributed by atoms with van der Waals surface area (Å²) in [5.74, 6) is -0.447. The number of para-hydroxylation sites is 1. The predicted molar refractivity (Wildman–Crippen MR) is 148 cm³/mol. The molecule has 206 valence electrons. The molecule has 1 aromatic heterocycles. The van der Waals surface area contributed by atoms with Gasteiger partial charge in [0.2, 0.25) is 10.0 Å². The fourth-order valence-electron chi connectivity index (χ4n) is 4.40. The summed E-state index contributed by atoms with van der Waals surface area (Å²) in [6, 6.07) is 15.8. The molecule has 0 spiro atoms. The van der Waals surface area contributed by atoms with E-state index in [0.29, 0.717) is 28.5 Å². The number of carbonyl (C=O) groups excluding carboxylic acids is 1. The Balaban J connectivity index is 1.73. The van der Waals surface area contributed by atoms with Gasteiger partial charge in [-0.05, 0) is 54.3 Å². The van der Waals surface area contributed by atoms with Gasteiger partial charge in [-0.3, -0.25) is 13.9 Å². The van der Waals surface area contributed by atoms with E-state index in [9.17, 15) is 22.3 Å². The highest BCUT2D eigenvalue weighted by atomic mass is 32.3. The van der Waals surface area contributed by atoms with E-state index in [1.807, 2.05) is 32.0 Å². The Bertz CT molecular complexity index is 1420. The Hall–Kier alpha value is -2.45. The van der Waals surface area contributed by atoms with Crippen LogP contribution in [0.15, 0.2) is 63.7 Å². The van der Waals surface area contributed by atoms with Crippen LogP contribution >= 0.6 is 22.1 Å². The lowest BCUT2D eigenvalue weighted by Crippen LogP contribution is -2.34. The van der Waals surface area contributed by atoms with E-state index in [-0.39, 0.29) is 23.3 Å². The van der Waals surface area contributed by atoms with E-state index >= 15 is 0 Å². The molecule has 9 nitrogen and oxygen atoms in total. The van der Waals surface area contributed by atoms with Crippen LogP contribution in [-0.2, 0) is 26.1 Å². The fourth-order valence-corrected chi connectivity index (χ4v) is 7.90. The minimum absolute atomic E-state index is 0.00159. The minimum atomic E-state index is -3.88. The number of carbonyl (C=O) groups is 1. The molecule has 0 bridgehead atoms. The predicted octanol–water partition coefficient (Wildman–Crippen LogP) is 5.10. The van der Waals surface area contributed by atoms with E-state index in [1.54, 1.807) is 34.6 Å². The number of rotatable bonds is 8. The first-order valence-corrected chi connectivity index (χ1v) is 15.9. The Labute approximate surface area is 228 Å². The Kier molecular flexibility index (Phi) is 8.52. The molecule has 38 heavy (non-hydrogen) atoms. The number of ether oxygens (including phenoxy) is 2. The molecule has 0 saturated carbocycles. The molecule has 2 heterocycles. The summed E-state index contributed by atoms with van der Waals surface area (Å²) in [4.78, 5) is 13.3. The molecule has 4 rings (SSSR count). The third-order valence-corrected chi connectivity index (χ3v) is 11.2. The third kappa shape index (κ3) is 6.07. The third-order valence-electron chi connectivity index (χ3n) is 6.61. The number of methoxy groups -OCH3 is 1. The van der Waals surface area contributed by atoms with Crippen molar-refractivity contribution in [2.45, 2.75) is 54.4 Å². The molecule has 0 aliphatic carbocycles. The van der Waals surface area contributed by atoms with E-state index in [1.165, 1.54) is 13.2 Å². The normalized spacial score (nSPS) is 19.1. The minimum Gasteiger partial charge on any atom is -0.487 e. The first kappa shape index (κ1) is 28.6. The summed E-state index contributed by atoms with van der Waals surface area (Å²) in [7, 11) is -5.92. The van der Waals surface area contributed by atoms with Gasteiger partial charge >= 0.3 is 5.97 Å². The van der Waals surface area contributed by atoms with Crippen LogP contribution in [0.3, 0.4) is 0 Å². The van der Waals surface area contributed by atoms with Crippen molar-refractivity contribution < 1.29 is 31.8 Å². The number of hydrogen-bond donors (Lipinski definition) is 3. The maximum Gasteiger partial charge on any atom is 0.306 e. The second-order valence-corrected chi connectivity index (χ2v) is 14.1. The molecule has 1 aliphatic rings. The SMILES string of the molecule is CCC1CN(Cc2cc(C(CC(=O)OC)c3ccc(S(N)(=O)=O)s3)ccc2C)S(O)(O)c2ccccc2O1. The number of nitrogens with zero attached hydrogens (tertiary/aromatic N) is 1. The van der Waals surface area contributed by atoms with Crippen molar-refractivity contribution in [3.05, 3.63) is 76.2 Å². The molecule has 0 saturated heterocycles. The Morgan fingerprint density at radius 3 is 2.63 bits per heavy atom. The number of benzene rings is 2. The highest BCUT2D eigenvalue weighted by Crippen LogP contribution is 2.57. The molecule has 0 amide bonds. The van der Waals surface area contributed by atoms with Crippen LogP contribution < -0.4 is 9.88 Å². The topological polar surface area (TPSA) is 139 Å². The lowest BCUT2D eigenvalue weighted by molar-refractivity contribution is -0.140. The van der Waals surface area contributed by atoms with Gasteiger partial charge in [0, 0.05) is 17.3 Å². The number of nitrogens with two attached hydrogens (primary N) is 1. The van der Waals surface area contributed by atoms with Gasteiger partial charge in [-0.25, -0.2) is 13.6 Å². The van der Waals surface area contributed by atoms with Gasteiger partial charge in [0.25, 0.3) is 0 Å². The number of hydrogen-bond acceptors (Lipinski definition) is 9. The Morgan fingerprint density at radius 1 is 1.24 bits per heavy atom. The summed E-state index contributed by atoms with van der Waals surface area (Å²) < 4.78 is 59.2. The van der Waals surface area contributed by atoms with Crippen molar-refractivity contribution in [1.82, 2.24) is 4.31 Å².